The van der Waals surface area contributed by atoms with E-state index < -0.39 is 0 Å². The highest BCUT2D eigenvalue weighted by Gasteiger charge is 2.40. The van der Waals surface area contributed by atoms with Crippen molar-refractivity contribution in [2.75, 3.05) is 0 Å². The van der Waals surface area contributed by atoms with E-state index in [1.54, 1.807) is 11.3 Å². The van der Waals surface area contributed by atoms with Crippen LogP contribution in [0.15, 0.2) is 76.5 Å². The SMILES string of the molecule is c1ccc(C2=NN3[C@@H](c4ccsc4)Oc4ccccc4[C@@H]3C2)cc1. The van der Waals surface area contributed by atoms with Gasteiger partial charge in [-0.2, -0.15) is 16.4 Å². The van der Waals surface area contributed by atoms with Crippen LogP contribution in [-0.4, -0.2) is 10.7 Å². The van der Waals surface area contributed by atoms with E-state index in [0.717, 1.165) is 23.4 Å². The number of hydrogen-bond donors (Lipinski definition) is 0. The summed E-state index contributed by atoms with van der Waals surface area (Å²) in [6.07, 6.45) is 0.753. The average molecular weight is 332 g/mol. The van der Waals surface area contributed by atoms with Gasteiger partial charge in [0.2, 0.25) is 6.23 Å². The van der Waals surface area contributed by atoms with E-state index in [4.69, 9.17) is 9.84 Å². The van der Waals surface area contributed by atoms with Gasteiger partial charge in [-0.15, -0.1) is 0 Å². The molecule has 118 valence electrons. The largest absolute Gasteiger partial charge is 0.464 e. The van der Waals surface area contributed by atoms with Crippen LogP contribution in [0.1, 0.15) is 35.4 Å². The van der Waals surface area contributed by atoms with Gasteiger partial charge >= 0.3 is 0 Å². The first kappa shape index (κ1) is 13.8. The molecule has 2 aromatic carbocycles. The summed E-state index contributed by atoms with van der Waals surface area (Å²) < 4.78 is 6.30. The Bertz CT molecular complexity index is 889. The maximum absolute atomic E-state index is 6.30. The molecule has 0 radical (unpaired) electrons. The molecule has 24 heavy (non-hydrogen) atoms. The molecule has 4 heteroatoms. The molecular weight excluding hydrogens is 316 g/mol. The molecule has 3 heterocycles. The van der Waals surface area contributed by atoms with E-state index in [1.165, 1.54) is 11.1 Å². The van der Waals surface area contributed by atoms with Crippen molar-refractivity contribution in [1.82, 2.24) is 5.01 Å². The second kappa shape index (κ2) is 5.49. The number of nitrogens with zero attached hydrogens (tertiary/aromatic N) is 2. The van der Waals surface area contributed by atoms with Crippen molar-refractivity contribution in [3.63, 3.8) is 0 Å². The standard InChI is InChI=1S/C20H16N2OS/c1-2-6-14(7-3-1)17-12-18-16-8-4-5-9-19(16)23-20(22(18)21-17)15-10-11-24-13-15/h1-11,13,18,20H,12H2/t18-,20+/m0/s1. The second-order valence-electron chi connectivity index (χ2n) is 6.08. The van der Waals surface area contributed by atoms with Crippen LogP contribution in [-0.2, 0) is 0 Å². The Morgan fingerprint density at radius 3 is 2.67 bits per heavy atom. The summed E-state index contributed by atoms with van der Waals surface area (Å²) >= 11 is 1.69. The molecule has 2 atom stereocenters. The van der Waals surface area contributed by atoms with Gasteiger partial charge in [0, 0.05) is 17.5 Å². The van der Waals surface area contributed by atoms with Gasteiger partial charge in [-0.05, 0) is 28.5 Å². The van der Waals surface area contributed by atoms with Crippen molar-refractivity contribution in [3.05, 3.63) is 88.1 Å². The molecule has 3 aromatic rings. The summed E-state index contributed by atoms with van der Waals surface area (Å²) in [5.41, 5.74) is 4.70. The summed E-state index contributed by atoms with van der Waals surface area (Å²) in [4.78, 5) is 0. The van der Waals surface area contributed by atoms with Crippen molar-refractivity contribution >= 4 is 17.0 Å². The molecule has 0 spiro atoms. The number of para-hydroxylation sites is 1. The van der Waals surface area contributed by atoms with Gasteiger partial charge in [-0.3, -0.25) is 0 Å². The number of thiophene rings is 1. The van der Waals surface area contributed by atoms with Crippen LogP contribution in [0.5, 0.6) is 5.75 Å². The first-order valence-corrected chi connectivity index (χ1v) is 9.03. The molecule has 5 rings (SSSR count). The number of hydrogen-bond acceptors (Lipinski definition) is 4. The van der Waals surface area contributed by atoms with Gasteiger partial charge in [-0.25, -0.2) is 5.01 Å². The molecule has 0 saturated heterocycles. The van der Waals surface area contributed by atoms with Crippen molar-refractivity contribution in [3.8, 4) is 5.75 Å². The van der Waals surface area contributed by atoms with Crippen LogP contribution in [0.2, 0.25) is 0 Å². The predicted molar refractivity (Wildman–Crippen MR) is 96.3 cm³/mol. The first-order valence-electron chi connectivity index (χ1n) is 8.09. The Morgan fingerprint density at radius 2 is 1.83 bits per heavy atom. The smallest absolute Gasteiger partial charge is 0.214 e. The predicted octanol–water partition coefficient (Wildman–Crippen LogP) is 4.99. The van der Waals surface area contributed by atoms with E-state index in [0.29, 0.717) is 0 Å². The minimum absolute atomic E-state index is 0.155. The lowest BCUT2D eigenvalue weighted by Crippen LogP contribution is -2.33. The highest BCUT2D eigenvalue weighted by molar-refractivity contribution is 7.07. The number of rotatable bonds is 2. The summed E-state index contributed by atoms with van der Waals surface area (Å²) in [6, 6.07) is 21.1. The molecule has 3 nitrogen and oxygen atoms in total. The fourth-order valence-corrected chi connectivity index (χ4v) is 4.14. The molecule has 1 aromatic heterocycles. The van der Waals surface area contributed by atoms with Crippen molar-refractivity contribution < 1.29 is 4.74 Å². The van der Waals surface area contributed by atoms with Crippen LogP contribution in [0.4, 0.5) is 0 Å². The molecule has 2 aliphatic heterocycles. The zero-order valence-corrected chi connectivity index (χ0v) is 13.8. The number of fused-ring (bicyclic) bond motifs is 3. The lowest BCUT2D eigenvalue weighted by Gasteiger charge is -2.37. The monoisotopic (exact) mass is 332 g/mol. The van der Waals surface area contributed by atoms with E-state index >= 15 is 0 Å². The summed E-state index contributed by atoms with van der Waals surface area (Å²) in [5, 5.41) is 11.3. The molecule has 0 amide bonds. The first-order chi connectivity index (χ1) is 11.9. The Labute approximate surface area is 144 Å². The normalized spacial score (nSPS) is 21.7. The van der Waals surface area contributed by atoms with E-state index in [2.05, 4.69) is 64.3 Å². The number of ether oxygens (including phenoxy) is 1. The van der Waals surface area contributed by atoms with Gasteiger partial charge in [0.05, 0.1) is 11.8 Å². The molecular formula is C20H16N2OS. The zero-order valence-electron chi connectivity index (χ0n) is 13.0. The average Bonchev–Trinajstić information content (AvgIpc) is 3.32. The fourth-order valence-electron chi connectivity index (χ4n) is 3.47. The maximum atomic E-state index is 6.30. The lowest BCUT2D eigenvalue weighted by atomic mass is 9.96. The highest BCUT2D eigenvalue weighted by atomic mass is 32.1. The van der Waals surface area contributed by atoms with E-state index in [9.17, 15) is 0 Å². The minimum atomic E-state index is -0.155. The van der Waals surface area contributed by atoms with E-state index in [1.807, 2.05) is 12.1 Å². The van der Waals surface area contributed by atoms with Gasteiger partial charge in [0.25, 0.3) is 0 Å². The van der Waals surface area contributed by atoms with Gasteiger partial charge < -0.3 is 4.74 Å². The zero-order chi connectivity index (χ0) is 15.9. The van der Waals surface area contributed by atoms with Gasteiger partial charge in [-0.1, -0.05) is 48.5 Å². The van der Waals surface area contributed by atoms with Crippen LogP contribution in [0.3, 0.4) is 0 Å². The maximum Gasteiger partial charge on any atom is 0.214 e. The molecule has 0 N–H and O–H groups in total. The van der Waals surface area contributed by atoms with Crippen LogP contribution < -0.4 is 4.74 Å². The van der Waals surface area contributed by atoms with Crippen LogP contribution in [0.25, 0.3) is 0 Å². The third kappa shape index (κ3) is 2.14. The third-order valence-electron chi connectivity index (χ3n) is 4.63. The van der Waals surface area contributed by atoms with E-state index in [-0.39, 0.29) is 12.3 Å². The Kier molecular flexibility index (Phi) is 3.16. The summed E-state index contributed by atoms with van der Waals surface area (Å²) in [6.45, 7) is 0. The van der Waals surface area contributed by atoms with Crippen molar-refractivity contribution in [1.29, 1.82) is 0 Å². The highest BCUT2D eigenvalue weighted by Crippen LogP contribution is 2.47. The third-order valence-corrected chi connectivity index (χ3v) is 5.34. The molecule has 0 bridgehead atoms. The van der Waals surface area contributed by atoms with Gasteiger partial charge in [0.1, 0.15) is 5.75 Å². The van der Waals surface area contributed by atoms with Crippen molar-refractivity contribution in [2.45, 2.75) is 18.7 Å². The summed E-state index contributed by atoms with van der Waals surface area (Å²) in [5.74, 6) is 0.972. The Morgan fingerprint density at radius 1 is 1.00 bits per heavy atom. The summed E-state index contributed by atoms with van der Waals surface area (Å²) in [7, 11) is 0. The van der Waals surface area contributed by atoms with Crippen LogP contribution in [0, 0.1) is 0 Å². The molecule has 0 fully saturated rings. The van der Waals surface area contributed by atoms with Gasteiger partial charge in [0.15, 0.2) is 0 Å². The second-order valence-corrected chi connectivity index (χ2v) is 6.86. The molecule has 2 aliphatic rings. The fraction of sp³-hybridized carbons (Fsp3) is 0.150. The molecule has 0 aliphatic carbocycles. The quantitative estimate of drug-likeness (QED) is 0.660. The number of hydrazone groups is 1. The lowest BCUT2D eigenvalue weighted by molar-refractivity contribution is -0.0187. The van der Waals surface area contributed by atoms with Crippen molar-refractivity contribution in [2.24, 2.45) is 5.10 Å². The number of benzene rings is 2. The molecule has 0 saturated carbocycles. The topological polar surface area (TPSA) is 24.8 Å². The molecule has 0 unspecified atom stereocenters. The Hall–Kier alpha value is -2.59. The van der Waals surface area contributed by atoms with Crippen LogP contribution >= 0.6 is 11.3 Å². The Balaban J connectivity index is 1.61. The minimum Gasteiger partial charge on any atom is -0.464 e.